The van der Waals surface area contributed by atoms with E-state index in [2.05, 4.69) is 0 Å². The number of hydrogen-bond donors (Lipinski definition) is 0. The topological polar surface area (TPSA) is 76.4 Å². The molecule has 0 aromatic heterocycles. The fourth-order valence-corrected chi connectivity index (χ4v) is 6.40. The van der Waals surface area contributed by atoms with Crippen molar-refractivity contribution in [3.8, 4) is 17.2 Å². The molecule has 1 saturated heterocycles. The third kappa shape index (κ3) is 4.90. The first-order valence-electron chi connectivity index (χ1n) is 10.4. The van der Waals surface area contributed by atoms with Crippen LogP contribution in [0.15, 0.2) is 41.3 Å². The van der Waals surface area contributed by atoms with Gasteiger partial charge in [-0.3, -0.25) is 0 Å². The summed E-state index contributed by atoms with van der Waals surface area (Å²) in [5, 5.41) is 8.85. The Morgan fingerprint density at radius 1 is 1.06 bits per heavy atom. The van der Waals surface area contributed by atoms with E-state index in [0.717, 1.165) is 18.2 Å². The van der Waals surface area contributed by atoms with Gasteiger partial charge in [0.2, 0.25) is 0 Å². The summed E-state index contributed by atoms with van der Waals surface area (Å²) >= 11 is 0. The lowest BCUT2D eigenvalue weighted by Gasteiger charge is -2.35. The number of nitrogens with zero attached hydrogens (tertiary/aromatic N) is 1. The molecule has 1 aliphatic heterocycles. The Balaban J connectivity index is 1.62. The van der Waals surface area contributed by atoms with Crippen LogP contribution < -0.4 is 0 Å². The van der Waals surface area contributed by atoms with Crippen LogP contribution in [-0.2, 0) is 25.5 Å². The first-order valence-corrected chi connectivity index (χ1v) is 12.1. The molecule has 10 heteroatoms. The normalized spacial score (nSPS) is 19.0. The van der Waals surface area contributed by atoms with Crippen LogP contribution in [0.4, 0.5) is 17.6 Å². The average Bonchev–Trinajstić information content (AvgIpc) is 3.22. The molecule has 0 bridgehead atoms. The molecule has 1 aliphatic carbocycles. The zero-order valence-corrected chi connectivity index (χ0v) is 18.3. The van der Waals surface area contributed by atoms with Gasteiger partial charge in [0.1, 0.15) is 5.82 Å². The summed E-state index contributed by atoms with van der Waals surface area (Å²) in [6.45, 7) is 0.953. The molecule has 2 fully saturated rings. The summed E-state index contributed by atoms with van der Waals surface area (Å²) in [6, 6.07) is 7.84. The van der Waals surface area contributed by atoms with E-state index in [4.69, 9.17) is 14.7 Å². The molecule has 2 aromatic carbocycles. The highest BCUT2D eigenvalue weighted by molar-refractivity contribution is 7.91. The highest BCUT2D eigenvalue weighted by atomic mass is 32.2. The molecule has 0 radical (unpaired) electrons. The molecule has 0 atom stereocenters. The van der Waals surface area contributed by atoms with Crippen LogP contribution in [0.2, 0.25) is 0 Å². The molecule has 2 aromatic rings. The molecule has 1 saturated carbocycles. The lowest BCUT2D eigenvalue weighted by molar-refractivity contribution is -0.181. The minimum atomic E-state index is -4.95. The summed E-state index contributed by atoms with van der Waals surface area (Å²) in [5.41, 5.74) is -1.59. The highest BCUT2D eigenvalue weighted by Gasteiger charge is 2.42. The Kier molecular flexibility index (Phi) is 6.24. The van der Waals surface area contributed by atoms with Crippen molar-refractivity contribution in [1.29, 1.82) is 5.26 Å². The fraction of sp³-hybridized carbons (Fsp3) is 0.435. The van der Waals surface area contributed by atoms with Crippen LogP contribution in [0.25, 0.3) is 11.1 Å². The van der Waals surface area contributed by atoms with E-state index < -0.39 is 43.8 Å². The van der Waals surface area contributed by atoms with Crippen LogP contribution in [0.1, 0.15) is 36.8 Å². The van der Waals surface area contributed by atoms with Gasteiger partial charge >= 0.3 is 6.18 Å². The first-order chi connectivity index (χ1) is 15.5. The van der Waals surface area contributed by atoms with Crippen LogP contribution in [0.3, 0.4) is 0 Å². The zero-order valence-electron chi connectivity index (χ0n) is 17.5. The van der Waals surface area contributed by atoms with E-state index in [1.54, 1.807) is 6.07 Å². The number of hydrogen-bond acceptors (Lipinski definition) is 5. The molecule has 1 spiro atoms. The number of benzene rings is 2. The predicted molar refractivity (Wildman–Crippen MR) is 110 cm³/mol. The lowest BCUT2D eigenvalue weighted by atomic mass is 9.86. The SMILES string of the molecule is N#Cc1ccc(-c2ccc(S(=O)(=O)CC3CCC4(CC3)OCCO4)c(C(F)(F)F)c2)c(F)c1. The number of nitriles is 1. The molecule has 5 nitrogen and oxygen atoms in total. The van der Waals surface area contributed by atoms with Crippen molar-refractivity contribution >= 4 is 9.84 Å². The second kappa shape index (κ2) is 8.70. The van der Waals surface area contributed by atoms with E-state index in [0.29, 0.717) is 45.0 Å². The quantitative estimate of drug-likeness (QED) is 0.567. The van der Waals surface area contributed by atoms with Crippen molar-refractivity contribution in [2.24, 2.45) is 5.92 Å². The Morgan fingerprint density at radius 2 is 1.73 bits per heavy atom. The maximum Gasteiger partial charge on any atom is 0.417 e. The molecular formula is C23H21F4NO4S. The molecule has 176 valence electrons. The highest BCUT2D eigenvalue weighted by Crippen LogP contribution is 2.41. The zero-order chi connectivity index (χ0) is 23.9. The van der Waals surface area contributed by atoms with Crippen molar-refractivity contribution in [3.63, 3.8) is 0 Å². The number of sulfone groups is 1. The maximum atomic E-state index is 14.3. The molecule has 1 heterocycles. The van der Waals surface area contributed by atoms with E-state index in [9.17, 15) is 26.0 Å². The van der Waals surface area contributed by atoms with Crippen LogP contribution in [-0.4, -0.2) is 33.2 Å². The van der Waals surface area contributed by atoms with Gasteiger partial charge in [-0.05, 0) is 48.6 Å². The lowest BCUT2D eigenvalue weighted by Crippen LogP contribution is -2.36. The molecule has 2 aliphatic rings. The van der Waals surface area contributed by atoms with Crippen LogP contribution in [0, 0.1) is 23.1 Å². The van der Waals surface area contributed by atoms with Gasteiger partial charge in [0.15, 0.2) is 15.6 Å². The van der Waals surface area contributed by atoms with E-state index >= 15 is 0 Å². The Hall–Kier alpha value is -2.48. The smallest absolute Gasteiger partial charge is 0.348 e. The minimum Gasteiger partial charge on any atom is -0.348 e. The number of halogens is 4. The van der Waals surface area contributed by atoms with Crippen LogP contribution >= 0.6 is 0 Å². The first kappa shape index (κ1) is 23.7. The van der Waals surface area contributed by atoms with Gasteiger partial charge in [-0.2, -0.15) is 18.4 Å². The van der Waals surface area contributed by atoms with Crippen molar-refractivity contribution in [3.05, 3.63) is 53.3 Å². The number of alkyl halides is 3. The molecule has 33 heavy (non-hydrogen) atoms. The Bertz CT molecular complexity index is 1190. The largest absolute Gasteiger partial charge is 0.417 e. The second-order valence-electron chi connectivity index (χ2n) is 8.35. The fourth-order valence-electron chi connectivity index (χ4n) is 4.48. The third-order valence-corrected chi connectivity index (χ3v) is 8.10. The van der Waals surface area contributed by atoms with Crippen molar-refractivity contribution in [2.45, 2.75) is 42.5 Å². The number of rotatable bonds is 4. The second-order valence-corrected chi connectivity index (χ2v) is 10.4. The number of ether oxygens (including phenoxy) is 2. The summed E-state index contributed by atoms with van der Waals surface area (Å²) < 4.78 is 93.1. The standard InChI is InChI=1S/C23H21F4NO4S/c24-20-11-16(13-28)1-3-18(20)17-2-4-21(19(12-17)23(25,26)27)33(29,30)14-15-5-7-22(8-6-15)31-9-10-32-22/h1-4,11-12,15H,5-10,14H2. The monoisotopic (exact) mass is 483 g/mol. The van der Waals surface area contributed by atoms with Crippen LogP contribution in [0.5, 0.6) is 0 Å². The van der Waals surface area contributed by atoms with Gasteiger partial charge in [-0.15, -0.1) is 0 Å². The van der Waals surface area contributed by atoms with Crippen molar-refractivity contribution in [1.82, 2.24) is 0 Å². The average molecular weight is 483 g/mol. The molecule has 0 N–H and O–H groups in total. The predicted octanol–water partition coefficient (Wildman–Crippen LogP) is 5.09. The summed E-state index contributed by atoms with van der Waals surface area (Å²) in [6.07, 6.45) is -3.03. The summed E-state index contributed by atoms with van der Waals surface area (Å²) in [5.74, 6) is -2.29. The third-order valence-electron chi connectivity index (χ3n) is 6.16. The van der Waals surface area contributed by atoms with E-state index in [1.165, 1.54) is 12.1 Å². The van der Waals surface area contributed by atoms with E-state index in [1.807, 2.05) is 0 Å². The van der Waals surface area contributed by atoms with E-state index in [-0.39, 0.29) is 22.6 Å². The summed E-state index contributed by atoms with van der Waals surface area (Å²) in [4.78, 5) is -0.818. The Labute approximate surface area is 188 Å². The molecule has 4 rings (SSSR count). The maximum absolute atomic E-state index is 14.3. The van der Waals surface area contributed by atoms with Crippen molar-refractivity contribution in [2.75, 3.05) is 19.0 Å². The van der Waals surface area contributed by atoms with Gasteiger partial charge in [0.25, 0.3) is 0 Å². The van der Waals surface area contributed by atoms with Gasteiger partial charge in [-0.25, -0.2) is 12.8 Å². The summed E-state index contributed by atoms with van der Waals surface area (Å²) in [7, 11) is -4.27. The molecular weight excluding hydrogens is 462 g/mol. The molecule has 0 unspecified atom stereocenters. The van der Waals surface area contributed by atoms with Gasteiger partial charge in [-0.1, -0.05) is 12.1 Å². The molecule has 0 amide bonds. The van der Waals surface area contributed by atoms with Gasteiger partial charge in [0.05, 0.1) is 41.1 Å². The van der Waals surface area contributed by atoms with Gasteiger partial charge in [0, 0.05) is 18.4 Å². The Morgan fingerprint density at radius 3 is 2.30 bits per heavy atom. The minimum absolute atomic E-state index is 0.0224. The van der Waals surface area contributed by atoms with Gasteiger partial charge < -0.3 is 9.47 Å². The van der Waals surface area contributed by atoms with Crippen molar-refractivity contribution < 1.29 is 35.5 Å².